The van der Waals surface area contributed by atoms with Gasteiger partial charge >= 0.3 is 0 Å². The van der Waals surface area contributed by atoms with Gasteiger partial charge in [-0.25, -0.2) is 8.42 Å². The quantitative estimate of drug-likeness (QED) is 0.591. The van der Waals surface area contributed by atoms with Crippen molar-refractivity contribution in [2.75, 3.05) is 26.4 Å². The number of hydrogen-bond donors (Lipinski definition) is 0. The molecule has 0 aliphatic rings. The molecule has 0 aliphatic carbocycles. The molecule has 0 saturated carbocycles. The number of ether oxygens (including phenoxy) is 1. The van der Waals surface area contributed by atoms with Crippen molar-refractivity contribution in [2.24, 2.45) is 0 Å². The second-order valence-corrected chi connectivity index (χ2v) is 7.70. The van der Waals surface area contributed by atoms with Crippen LogP contribution in [0.4, 0.5) is 0 Å². The van der Waals surface area contributed by atoms with Crippen molar-refractivity contribution in [2.45, 2.75) is 23.6 Å². The molecule has 0 N–H and O–H groups in total. The predicted octanol–water partition coefficient (Wildman–Crippen LogP) is 3.10. The minimum Gasteiger partial charge on any atom is -0.377 e. The summed E-state index contributed by atoms with van der Waals surface area (Å²) in [6.07, 6.45) is 0. The van der Waals surface area contributed by atoms with Crippen LogP contribution in [-0.2, 0) is 35.3 Å². The fourth-order valence-corrected chi connectivity index (χ4v) is 3.30. The van der Waals surface area contributed by atoms with Gasteiger partial charge in [0.2, 0.25) is 0 Å². The average molecular weight is 383 g/mol. The van der Waals surface area contributed by atoms with Gasteiger partial charge in [0.1, 0.15) is 0 Å². The molecule has 25 heavy (non-hydrogen) atoms. The Labute approximate surface area is 153 Å². The number of aryl methyl sites for hydroxylation is 2. The maximum absolute atomic E-state index is 11.9. The number of rotatable bonds is 10. The molecular weight excluding hydrogens is 360 g/mol. The first-order chi connectivity index (χ1) is 12.1. The minimum absolute atomic E-state index is 0.210. The Morgan fingerprint density at radius 1 is 0.640 bits per heavy atom. The van der Waals surface area contributed by atoms with Gasteiger partial charge in [-0.2, -0.15) is 0 Å². The summed E-state index contributed by atoms with van der Waals surface area (Å²) >= 11 is -2.99. The van der Waals surface area contributed by atoms with Crippen molar-refractivity contribution >= 4 is 22.2 Å². The molecule has 0 heterocycles. The summed E-state index contributed by atoms with van der Waals surface area (Å²) in [4.78, 5) is 1.25. The second kappa shape index (κ2) is 10.6. The molecule has 0 amide bonds. The standard InChI is InChI=1S/C18H22O5S2/c1-15-3-7-17(8-4-15)24(19)22-13-11-21-12-14-23-25(20)18-9-5-16(2)6-10-18/h3-10H,11-14H2,1-2H3. The highest BCUT2D eigenvalue weighted by molar-refractivity contribution is 7.80. The second-order valence-electron chi connectivity index (χ2n) is 5.35. The van der Waals surface area contributed by atoms with Gasteiger partial charge in [-0.1, -0.05) is 35.4 Å². The fraction of sp³-hybridized carbons (Fsp3) is 0.333. The van der Waals surface area contributed by atoms with E-state index in [2.05, 4.69) is 0 Å². The van der Waals surface area contributed by atoms with Gasteiger partial charge in [0, 0.05) is 0 Å². The van der Waals surface area contributed by atoms with Crippen molar-refractivity contribution in [3.8, 4) is 0 Å². The van der Waals surface area contributed by atoms with E-state index in [1.54, 1.807) is 24.3 Å². The lowest BCUT2D eigenvalue weighted by atomic mass is 10.2. The van der Waals surface area contributed by atoms with Crippen LogP contribution in [0.25, 0.3) is 0 Å². The molecule has 0 aliphatic heterocycles. The Bertz CT molecular complexity index is 637. The summed E-state index contributed by atoms with van der Waals surface area (Å²) in [5.41, 5.74) is 2.21. The Morgan fingerprint density at radius 3 is 1.36 bits per heavy atom. The predicted molar refractivity (Wildman–Crippen MR) is 97.9 cm³/mol. The Hall–Kier alpha value is -1.38. The molecule has 2 unspecified atom stereocenters. The SMILES string of the molecule is Cc1ccc(S(=O)OCCOCCOS(=O)c2ccc(C)cc2)cc1. The zero-order chi connectivity index (χ0) is 18.1. The van der Waals surface area contributed by atoms with Gasteiger partial charge in [0.25, 0.3) is 0 Å². The van der Waals surface area contributed by atoms with E-state index in [1.165, 1.54) is 0 Å². The van der Waals surface area contributed by atoms with E-state index in [-0.39, 0.29) is 26.4 Å². The van der Waals surface area contributed by atoms with E-state index in [0.717, 1.165) is 11.1 Å². The minimum atomic E-state index is -1.49. The van der Waals surface area contributed by atoms with Gasteiger partial charge in [-0.3, -0.25) is 8.37 Å². The van der Waals surface area contributed by atoms with Crippen LogP contribution >= 0.6 is 0 Å². The molecule has 0 radical (unpaired) electrons. The summed E-state index contributed by atoms with van der Waals surface area (Å²) in [6, 6.07) is 14.7. The monoisotopic (exact) mass is 382 g/mol. The van der Waals surface area contributed by atoms with Crippen LogP contribution in [-0.4, -0.2) is 34.8 Å². The maximum Gasteiger partial charge on any atom is 0.189 e. The van der Waals surface area contributed by atoms with Crippen molar-refractivity contribution in [3.05, 3.63) is 59.7 Å². The van der Waals surface area contributed by atoms with Crippen LogP contribution < -0.4 is 0 Å². The van der Waals surface area contributed by atoms with E-state index in [0.29, 0.717) is 9.79 Å². The molecule has 0 spiro atoms. The normalized spacial score (nSPS) is 13.5. The van der Waals surface area contributed by atoms with Gasteiger partial charge in [-0.05, 0) is 38.1 Å². The molecule has 2 aromatic carbocycles. The van der Waals surface area contributed by atoms with Crippen molar-refractivity contribution in [3.63, 3.8) is 0 Å². The zero-order valence-electron chi connectivity index (χ0n) is 14.3. The van der Waals surface area contributed by atoms with Gasteiger partial charge < -0.3 is 4.74 Å². The van der Waals surface area contributed by atoms with E-state index < -0.39 is 22.2 Å². The molecule has 2 rings (SSSR count). The van der Waals surface area contributed by atoms with Crippen LogP contribution in [0.5, 0.6) is 0 Å². The highest BCUT2D eigenvalue weighted by Gasteiger charge is 2.05. The van der Waals surface area contributed by atoms with E-state index >= 15 is 0 Å². The molecule has 0 bridgehead atoms. The smallest absolute Gasteiger partial charge is 0.189 e. The first-order valence-electron chi connectivity index (χ1n) is 7.87. The first-order valence-corrected chi connectivity index (χ1v) is 10.0. The van der Waals surface area contributed by atoms with E-state index in [1.807, 2.05) is 38.1 Å². The topological polar surface area (TPSA) is 61.8 Å². The molecule has 5 nitrogen and oxygen atoms in total. The van der Waals surface area contributed by atoms with Crippen LogP contribution in [0.15, 0.2) is 58.3 Å². The summed E-state index contributed by atoms with van der Waals surface area (Å²) in [5.74, 6) is 0. The summed E-state index contributed by atoms with van der Waals surface area (Å²) in [5, 5.41) is 0. The van der Waals surface area contributed by atoms with E-state index in [9.17, 15) is 8.42 Å². The van der Waals surface area contributed by atoms with Crippen LogP contribution in [0.2, 0.25) is 0 Å². The van der Waals surface area contributed by atoms with Crippen molar-refractivity contribution < 1.29 is 21.5 Å². The lowest BCUT2D eigenvalue weighted by molar-refractivity contribution is 0.0829. The maximum atomic E-state index is 11.9. The van der Waals surface area contributed by atoms with Gasteiger partial charge in [0.05, 0.1) is 36.2 Å². The highest BCUT2D eigenvalue weighted by atomic mass is 32.2. The third-order valence-corrected chi connectivity index (χ3v) is 5.34. The molecule has 7 heteroatoms. The average Bonchev–Trinajstić information content (AvgIpc) is 2.61. The van der Waals surface area contributed by atoms with Crippen molar-refractivity contribution in [1.82, 2.24) is 0 Å². The molecule has 2 atom stereocenters. The molecular formula is C18H22O5S2. The lowest BCUT2D eigenvalue weighted by Crippen LogP contribution is -2.11. The Kier molecular flexibility index (Phi) is 8.43. The molecule has 0 saturated heterocycles. The van der Waals surface area contributed by atoms with E-state index in [4.69, 9.17) is 13.1 Å². The van der Waals surface area contributed by atoms with Crippen LogP contribution in [0.3, 0.4) is 0 Å². The Balaban J connectivity index is 1.56. The third kappa shape index (κ3) is 7.17. The highest BCUT2D eigenvalue weighted by Crippen LogP contribution is 2.10. The van der Waals surface area contributed by atoms with Crippen LogP contribution in [0.1, 0.15) is 11.1 Å². The lowest BCUT2D eigenvalue weighted by Gasteiger charge is -2.06. The fourth-order valence-electron chi connectivity index (χ4n) is 1.87. The number of benzene rings is 2. The van der Waals surface area contributed by atoms with Gasteiger partial charge in [0.15, 0.2) is 22.2 Å². The molecule has 2 aromatic rings. The molecule has 136 valence electrons. The van der Waals surface area contributed by atoms with Gasteiger partial charge in [-0.15, -0.1) is 0 Å². The summed E-state index contributed by atoms with van der Waals surface area (Å²) < 4.78 is 39.5. The largest absolute Gasteiger partial charge is 0.377 e. The Morgan fingerprint density at radius 2 is 1.00 bits per heavy atom. The summed E-state index contributed by atoms with van der Waals surface area (Å²) in [6.45, 7) is 4.93. The third-order valence-electron chi connectivity index (χ3n) is 3.26. The summed E-state index contributed by atoms with van der Waals surface area (Å²) in [7, 11) is 0. The zero-order valence-corrected chi connectivity index (χ0v) is 15.9. The van der Waals surface area contributed by atoms with Crippen molar-refractivity contribution in [1.29, 1.82) is 0 Å². The number of hydrogen-bond acceptors (Lipinski definition) is 5. The molecule has 0 aromatic heterocycles. The van der Waals surface area contributed by atoms with Crippen LogP contribution in [0, 0.1) is 13.8 Å². The molecule has 0 fully saturated rings. The first kappa shape index (κ1) is 19.9.